The van der Waals surface area contributed by atoms with Gasteiger partial charge < -0.3 is 14.2 Å². The molecule has 0 saturated heterocycles. The third-order valence-corrected chi connectivity index (χ3v) is 4.91. The van der Waals surface area contributed by atoms with E-state index in [4.69, 9.17) is 14.2 Å². The van der Waals surface area contributed by atoms with E-state index in [-0.39, 0.29) is 17.2 Å². The Kier molecular flexibility index (Phi) is 4.59. The first-order chi connectivity index (χ1) is 11.5. The summed E-state index contributed by atoms with van der Waals surface area (Å²) in [5, 5.41) is 0. The maximum Gasteiger partial charge on any atom is 0.240 e. The van der Waals surface area contributed by atoms with Crippen LogP contribution in [-0.4, -0.2) is 28.7 Å². The molecule has 0 aliphatic carbocycles. The number of methoxy groups -OCH3 is 1. The third-order valence-electron chi connectivity index (χ3n) is 3.51. The second-order valence-electron chi connectivity index (χ2n) is 5.10. The van der Waals surface area contributed by atoms with Crippen molar-refractivity contribution in [3.05, 3.63) is 47.8 Å². The van der Waals surface area contributed by atoms with E-state index in [2.05, 4.69) is 4.72 Å². The van der Waals surface area contributed by atoms with Crippen LogP contribution < -0.4 is 18.9 Å². The average Bonchev–Trinajstić information content (AvgIpc) is 2.60. The highest BCUT2D eigenvalue weighted by atomic mass is 32.2. The summed E-state index contributed by atoms with van der Waals surface area (Å²) < 4.78 is 56.3. The molecule has 128 valence electrons. The molecule has 3 rings (SSSR count). The van der Waals surface area contributed by atoms with Crippen molar-refractivity contribution >= 4 is 10.0 Å². The van der Waals surface area contributed by atoms with Crippen molar-refractivity contribution in [2.24, 2.45) is 0 Å². The molecule has 8 heteroatoms. The van der Waals surface area contributed by atoms with Crippen LogP contribution in [0, 0.1) is 5.82 Å². The number of hydrogen-bond donors (Lipinski definition) is 1. The van der Waals surface area contributed by atoms with Crippen LogP contribution in [0.1, 0.15) is 5.56 Å². The Morgan fingerprint density at radius 1 is 1.12 bits per heavy atom. The second-order valence-corrected chi connectivity index (χ2v) is 6.87. The highest BCUT2D eigenvalue weighted by Crippen LogP contribution is 2.30. The maximum absolute atomic E-state index is 13.7. The molecule has 0 bridgehead atoms. The number of halogens is 1. The van der Waals surface area contributed by atoms with Gasteiger partial charge in [0.25, 0.3) is 0 Å². The summed E-state index contributed by atoms with van der Waals surface area (Å²) in [6, 6.07) is 8.66. The van der Waals surface area contributed by atoms with Gasteiger partial charge in [-0.25, -0.2) is 17.5 Å². The molecule has 6 nitrogen and oxygen atoms in total. The third kappa shape index (κ3) is 3.44. The molecule has 0 aromatic heterocycles. The number of rotatable bonds is 5. The fourth-order valence-corrected chi connectivity index (χ4v) is 3.30. The summed E-state index contributed by atoms with van der Waals surface area (Å²) in [7, 11) is -2.53. The van der Waals surface area contributed by atoms with Gasteiger partial charge in [0.2, 0.25) is 10.0 Å². The summed E-state index contributed by atoms with van der Waals surface area (Å²) >= 11 is 0. The average molecular weight is 353 g/mol. The lowest BCUT2D eigenvalue weighted by Crippen LogP contribution is -2.23. The molecule has 0 atom stereocenters. The summed E-state index contributed by atoms with van der Waals surface area (Å²) in [5.41, 5.74) is 0.705. The van der Waals surface area contributed by atoms with Crippen molar-refractivity contribution in [2.45, 2.75) is 11.4 Å². The van der Waals surface area contributed by atoms with Crippen LogP contribution in [0.2, 0.25) is 0 Å². The number of fused-ring (bicyclic) bond motifs is 1. The maximum atomic E-state index is 13.7. The fourth-order valence-electron chi connectivity index (χ4n) is 2.27. The zero-order chi connectivity index (χ0) is 17.2. The molecule has 0 radical (unpaired) electrons. The van der Waals surface area contributed by atoms with Gasteiger partial charge in [0.1, 0.15) is 13.2 Å². The van der Waals surface area contributed by atoms with Crippen LogP contribution in [0.15, 0.2) is 41.3 Å². The van der Waals surface area contributed by atoms with Gasteiger partial charge in [0.05, 0.1) is 12.0 Å². The SMILES string of the molecule is COc1ccc(S(=O)(=O)NCc2ccc3c(c2)OCCO3)cc1F. The Morgan fingerprint density at radius 2 is 1.88 bits per heavy atom. The minimum atomic E-state index is -3.84. The van der Waals surface area contributed by atoms with Gasteiger partial charge in [-0.1, -0.05) is 6.07 Å². The molecule has 0 fully saturated rings. The smallest absolute Gasteiger partial charge is 0.240 e. The summed E-state index contributed by atoms with van der Waals surface area (Å²) in [5.74, 6) is 0.457. The quantitative estimate of drug-likeness (QED) is 0.891. The van der Waals surface area contributed by atoms with E-state index < -0.39 is 15.8 Å². The van der Waals surface area contributed by atoms with Gasteiger partial charge in [-0.15, -0.1) is 0 Å². The second kappa shape index (κ2) is 6.66. The molecular formula is C16H16FNO5S. The van der Waals surface area contributed by atoms with Crippen molar-refractivity contribution in [1.82, 2.24) is 4.72 Å². The van der Waals surface area contributed by atoms with E-state index in [1.807, 2.05) is 0 Å². The van der Waals surface area contributed by atoms with Gasteiger partial charge in [-0.2, -0.15) is 0 Å². The number of sulfonamides is 1. The monoisotopic (exact) mass is 353 g/mol. The van der Waals surface area contributed by atoms with Crippen molar-refractivity contribution in [3.8, 4) is 17.2 Å². The van der Waals surface area contributed by atoms with Crippen LogP contribution in [0.5, 0.6) is 17.2 Å². The normalized spacial score (nSPS) is 13.6. The molecule has 2 aromatic carbocycles. The lowest BCUT2D eigenvalue weighted by molar-refractivity contribution is 0.171. The summed E-state index contributed by atoms with van der Waals surface area (Å²) in [4.78, 5) is -0.168. The fraction of sp³-hybridized carbons (Fsp3) is 0.250. The molecule has 0 unspecified atom stereocenters. The van der Waals surface area contributed by atoms with Crippen molar-refractivity contribution in [1.29, 1.82) is 0 Å². The van der Waals surface area contributed by atoms with Crippen LogP contribution in [0.4, 0.5) is 4.39 Å². The van der Waals surface area contributed by atoms with Gasteiger partial charge in [-0.05, 0) is 35.9 Å². The first kappa shape index (κ1) is 16.5. The van der Waals surface area contributed by atoms with Gasteiger partial charge in [0, 0.05) is 6.54 Å². The Morgan fingerprint density at radius 3 is 2.58 bits per heavy atom. The lowest BCUT2D eigenvalue weighted by atomic mass is 10.2. The first-order valence-electron chi connectivity index (χ1n) is 7.21. The van der Waals surface area contributed by atoms with Crippen molar-refractivity contribution < 1.29 is 27.0 Å². The molecular weight excluding hydrogens is 337 g/mol. The van der Waals surface area contributed by atoms with Gasteiger partial charge in [0.15, 0.2) is 23.1 Å². The Bertz CT molecular complexity index is 854. The molecule has 0 spiro atoms. The minimum absolute atomic E-state index is 0.0132. The Labute approximate surface area is 139 Å². The predicted octanol–water partition coefficient (Wildman–Crippen LogP) is 2.08. The lowest BCUT2D eigenvalue weighted by Gasteiger charge is -2.19. The molecule has 0 saturated carbocycles. The highest BCUT2D eigenvalue weighted by Gasteiger charge is 2.17. The molecule has 1 heterocycles. The zero-order valence-corrected chi connectivity index (χ0v) is 13.7. The predicted molar refractivity (Wildman–Crippen MR) is 84.4 cm³/mol. The first-order valence-corrected chi connectivity index (χ1v) is 8.69. The largest absolute Gasteiger partial charge is 0.494 e. The Hall–Kier alpha value is -2.32. The van der Waals surface area contributed by atoms with Gasteiger partial charge in [-0.3, -0.25) is 0 Å². The summed E-state index contributed by atoms with van der Waals surface area (Å²) in [6.07, 6.45) is 0. The number of ether oxygens (including phenoxy) is 3. The minimum Gasteiger partial charge on any atom is -0.494 e. The molecule has 1 aliphatic rings. The topological polar surface area (TPSA) is 73.9 Å². The van der Waals surface area contributed by atoms with Gasteiger partial charge >= 0.3 is 0 Å². The van der Waals surface area contributed by atoms with E-state index >= 15 is 0 Å². The molecule has 24 heavy (non-hydrogen) atoms. The molecule has 1 N–H and O–H groups in total. The standard InChI is InChI=1S/C16H16FNO5S/c1-21-14-5-3-12(9-13(14)17)24(19,20)18-10-11-2-4-15-16(8-11)23-7-6-22-15/h2-5,8-9,18H,6-7,10H2,1H3. The van der Waals surface area contributed by atoms with Crippen LogP contribution in [0.25, 0.3) is 0 Å². The Balaban J connectivity index is 1.74. The van der Waals surface area contributed by atoms with E-state index in [0.717, 1.165) is 6.07 Å². The molecule has 1 aliphatic heterocycles. The van der Waals surface area contributed by atoms with E-state index in [0.29, 0.717) is 30.3 Å². The number of hydrogen-bond acceptors (Lipinski definition) is 5. The molecule has 0 amide bonds. The van der Waals surface area contributed by atoms with E-state index in [1.165, 1.54) is 19.2 Å². The highest BCUT2D eigenvalue weighted by molar-refractivity contribution is 7.89. The molecule has 2 aromatic rings. The van der Waals surface area contributed by atoms with Crippen molar-refractivity contribution in [2.75, 3.05) is 20.3 Å². The number of benzene rings is 2. The van der Waals surface area contributed by atoms with Crippen molar-refractivity contribution in [3.63, 3.8) is 0 Å². The summed E-state index contributed by atoms with van der Waals surface area (Å²) in [6.45, 7) is 0.988. The van der Waals surface area contributed by atoms with E-state index in [9.17, 15) is 12.8 Å². The van der Waals surface area contributed by atoms with E-state index in [1.54, 1.807) is 18.2 Å². The zero-order valence-electron chi connectivity index (χ0n) is 12.9. The van der Waals surface area contributed by atoms with Crippen LogP contribution >= 0.6 is 0 Å². The number of nitrogens with one attached hydrogen (secondary N) is 1. The van der Waals surface area contributed by atoms with Crippen LogP contribution in [-0.2, 0) is 16.6 Å². The van der Waals surface area contributed by atoms with Crippen LogP contribution in [0.3, 0.4) is 0 Å².